The van der Waals surface area contributed by atoms with E-state index in [-0.39, 0.29) is 24.5 Å². The predicted molar refractivity (Wildman–Crippen MR) is 110 cm³/mol. The van der Waals surface area contributed by atoms with Gasteiger partial charge in [-0.05, 0) is 50.1 Å². The Labute approximate surface area is 174 Å². The number of hydrogen-bond acceptors (Lipinski definition) is 3. The number of nitrogens with zero attached hydrogens (tertiary/aromatic N) is 1. The highest BCUT2D eigenvalue weighted by Crippen LogP contribution is 2.27. The van der Waals surface area contributed by atoms with Gasteiger partial charge in [0.1, 0.15) is 5.75 Å². The third kappa shape index (κ3) is 5.40. The van der Waals surface area contributed by atoms with Crippen molar-refractivity contribution in [2.75, 3.05) is 19.7 Å². The van der Waals surface area contributed by atoms with Gasteiger partial charge >= 0.3 is 0 Å². The van der Waals surface area contributed by atoms with Crippen molar-refractivity contribution in [2.24, 2.45) is 0 Å². The molecule has 5 nitrogen and oxygen atoms in total. The van der Waals surface area contributed by atoms with Crippen LogP contribution in [0.1, 0.15) is 28.8 Å². The summed E-state index contributed by atoms with van der Waals surface area (Å²) in [6, 6.07) is 12.4. The Bertz CT molecular complexity index is 847. The molecule has 0 bridgehead atoms. The van der Waals surface area contributed by atoms with Crippen molar-refractivity contribution in [1.29, 1.82) is 0 Å². The monoisotopic (exact) mass is 420 g/mol. The largest absolute Gasteiger partial charge is 0.482 e. The van der Waals surface area contributed by atoms with Gasteiger partial charge in [-0.3, -0.25) is 9.59 Å². The molecule has 1 saturated heterocycles. The fourth-order valence-corrected chi connectivity index (χ4v) is 3.53. The van der Waals surface area contributed by atoms with Crippen LogP contribution in [0.15, 0.2) is 42.5 Å². The number of carbonyl (C=O) groups excluding carboxylic acids is 2. The van der Waals surface area contributed by atoms with E-state index >= 15 is 0 Å². The summed E-state index contributed by atoms with van der Waals surface area (Å²) in [6.07, 6.45) is 1.43. The maximum atomic E-state index is 12.4. The minimum absolute atomic E-state index is 0.0597. The number of nitrogens with one attached hydrogen (secondary N) is 1. The van der Waals surface area contributed by atoms with E-state index in [1.165, 1.54) is 0 Å². The SMILES string of the molecule is Cc1ccc(C(=O)NC2CCN(C(=O)COc3ccc(Cl)cc3Cl)CC2)cc1. The van der Waals surface area contributed by atoms with E-state index in [0.717, 1.165) is 5.56 Å². The number of hydrogen-bond donors (Lipinski definition) is 1. The number of likely N-dealkylation sites (tertiary alicyclic amines) is 1. The van der Waals surface area contributed by atoms with Crippen LogP contribution >= 0.6 is 23.2 Å². The Morgan fingerprint density at radius 3 is 2.43 bits per heavy atom. The second-order valence-corrected chi connectivity index (χ2v) is 7.70. The van der Waals surface area contributed by atoms with Crippen LogP contribution in [0.4, 0.5) is 0 Å². The molecule has 1 heterocycles. The maximum Gasteiger partial charge on any atom is 0.260 e. The lowest BCUT2D eigenvalue weighted by molar-refractivity contribution is -0.134. The summed E-state index contributed by atoms with van der Waals surface area (Å²) in [5, 5.41) is 3.93. The minimum Gasteiger partial charge on any atom is -0.482 e. The van der Waals surface area contributed by atoms with Crippen molar-refractivity contribution < 1.29 is 14.3 Å². The van der Waals surface area contributed by atoms with Gasteiger partial charge < -0.3 is 15.0 Å². The summed E-state index contributed by atoms with van der Waals surface area (Å²) in [5.41, 5.74) is 1.77. The smallest absolute Gasteiger partial charge is 0.260 e. The molecule has 0 spiro atoms. The predicted octanol–water partition coefficient (Wildman–Crippen LogP) is 4.10. The van der Waals surface area contributed by atoms with Crippen molar-refractivity contribution in [3.05, 3.63) is 63.6 Å². The Morgan fingerprint density at radius 2 is 1.79 bits per heavy atom. The zero-order chi connectivity index (χ0) is 20.1. The number of rotatable bonds is 5. The second kappa shape index (κ2) is 9.30. The van der Waals surface area contributed by atoms with Gasteiger partial charge in [-0.2, -0.15) is 0 Å². The molecule has 2 aromatic rings. The molecule has 1 N–H and O–H groups in total. The molecule has 3 rings (SSSR count). The first-order chi connectivity index (χ1) is 13.4. The van der Waals surface area contributed by atoms with Gasteiger partial charge in [0.15, 0.2) is 6.61 Å². The Balaban J connectivity index is 1.44. The van der Waals surface area contributed by atoms with Crippen LogP contribution in [-0.2, 0) is 4.79 Å². The summed E-state index contributed by atoms with van der Waals surface area (Å²) in [5.74, 6) is 0.250. The lowest BCUT2D eigenvalue weighted by atomic mass is 10.0. The Kier molecular flexibility index (Phi) is 6.81. The average Bonchev–Trinajstić information content (AvgIpc) is 2.68. The normalized spacial score (nSPS) is 14.6. The minimum atomic E-state index is -0.102. The van der Waals surface area contributed by atoms with Gasteiger partial charge in [0.2, 0.25) is 0 Å². The average molecular weight is 421 g/mol. The van der Waals surface area contributed by atoms with Crippen LogP contribution in [0.25, 0.3) is 0 Å². The van der Waals surface area contributed by atoms with Gasteiger partial charge in [-0.1, -0.05) is 40.9 Å². The molecule has 7 heteroatoms. The molecule has 0 atom stereocenters. The fraction of sp³-hybridized carbons (Fsp3) is 0.333. The summed E-state index contributed by atoms with van der Waals surface area (Å²) in [4.78, 5) is 26.4. The molecule has 1 fully saturated rings. The van der Waals surface area contributed by atoms with Crippen molar-refractivity contribution in [1.82, 2.24) is 10.2 Å². The van der Waals surface area contributed by atoms with Gasteiger partial charge in [0.05, 0.1) is 5.02 Å². The number of amides is 2. The summed E-state index contributed by atoms with van der Waals surface area (Å²) in [6.45, 7) is 3.06. The molecule has 0 saturated carbocycles. The van der Waals surface area contributed by atoms with Crippen molar-refractivity contribution in [3.8, 4) is 5.75 Å². The molecular formula is C21H22Cl2N2O3. The second-order valence-electron chi connectivity index (χ2n) is 6.86. The van der Waals surface area contributed by atoms with E-state index in [9.17, 15) is 9.59 Å². The zero-order valence-electron chi connectivity index (χ0n) is 15.6. The van der Waals surface area contributed by atoms with Gasteiger partial charge in [-0.25, -0.2) is 0 Å². The van der Waals surface area contributed by atoms with E-state index in [1.807, 2.05) is 31.2 Å². The van der Waals surface area contributed by atoms with Crippen molar-refractivity contribution in [2.45, 2.75) is 25.8 Å². The lowest BCUT2D eigenvalue weighted by Gasteiger charge is -2.32. The third-order valence-corrected chi connectivity index (χ3v) is 5.27. The van der Waals surface area contributed by atoms with Gasteiger partial charge in [0, 0.05) is 29.7 Å². The van der Waals surface area contributed by atoms with Crippen LogP contribution in [0.3, 0.4) is 0 Å². The van der Waals surface area contributed by atoms with Crippen LogP contribution in [0.2, 0.25) is 10.0 Å². The summed E-state index contributed by atoms with van der Waals surface area (Å²) >= 11 is 11.9. The molecule has 0 radical (unpaired) electrons. The van der Waals surface area contributed by atoms with Crippen LogP contribution in [0.5, 0.6) is 5.75 Å². The lowest BCUT2D eigenvalue weighted by Crippen LogP contribution is -2.47. The molecule has 0 aromatic heterocycles. The molecule has 0 unspecified atom stereocenters. The molecule has 1 aliphatic heterocycles. The van der Waals surface area contributed by atoms with Crippen molar-refractivity contribution in [3.63, 3.8) is 0 Å². The van der Waals surface area contributed by atoms with Crippen LogP contribution < -0.4 is 10.1 Å². The molecular weight excluding hydrogens is 399 g/mol. The zero-order valence-corrected chi connectivity index (χ0v) is 17.1. The Morgan fingerprint density at radius 1 is 1.11 bits per heavy atom. The van der Waals surface area contributed by atoms with Crippen LogP contribution in [0, 0.1) is 6.92 Å². The van der Waals surface area contributed by atoms with E-state index in [1.54, 1.807) is 23.1 Å². The highest BCUT2D eigenvalue weighted by atomic mass is 35.5. The first-order valence-electron chi connectivity index (χ1n) is 9.15. The maximum absolute atomic E-state index is 12.4. The number of carbonyl (C=O) groups is 2. The molecule has 28 heavy (non-hydrogen) atoms. The van der Waals surface area contributed by atoms with E-state index < -0.39 is 0 Å². The number of piperidine rings is 1. The fourth-order valence-electron chi connectivity index (χ4n) is 3.07. The van der Waals surface area contributed by atoms with E-state index in [4.69, 9.17) is 27.9 Å². The van der Waals surface area contributed by atoms with Gasteiger partial charge in [0.25, 0.3) is 11.8 Å². The van der Waals surface area contributed by atoms with E-state index in [2.05, 4.69) is 5.32 Å². The summed E-state index contributed by atoms with van der Waals surface area (Å²) in [7, 11) is 0. The number of aryl methyl sites for hydroxylation is 1. The number of ether oxygens (including phenoxy) is 1. The third-order valence-electron chi connectivity index (χ3n) is 4.74. The first kappa shape index (κ1) is 20.5. The molecule has 148 valence electrons. The highest BCUT2D eigenvalue weighted by Gasteiger charge is 2.24. The summed E-state index contributed by atoms with van der Waals surface area (Å²) < 4.78 is 5.51. The van der Waals surface area contributed by atoms with Crippen molar-refractivity contribution >= 4 is 35.0 Å². The molecule has 0 aliphatic carbocycles. The van der Waals surface area contributed by atoms with E-state index in [0.29, 0.717) is 47.3 Å². The topological polar surface area (TPSA) is 58.6 Å². The highest BCUT2D eigenvalue weighted by molar-refractivity contribution is 6.35. The standard InChI is InChI=1S/C21H22Cl2N2O3/c1-14-2-4-15(5-3-14)21(27)24-17-8-10-25(11-9-17)20(26)13-28-19-7-6-16(22)12-18(19)23/h2-7,12,17H,8-11,13H2,1H3,(H,24,27). The van der Waals surface area contributed by atoms with Gasteiger partial charge in [-0.15, -0.1) is 0 Å². The van der Waals surface area contributed by atoms with Crippen LogP contribution in [-0.4, -0.2) is 42.5 Å². The number of benzene rings is 2. The molecule has 2 aromatic carbocycles. The molecule has 2 amide bonds. The number of halogens is 2. The quantitative estimate of drug-likeness (QED) is 0.791. The first-order valence-corrected chi connectivity index (χ1v) is 9.91. The Hall–Kier alpha value is -2.24. The molecule has 1 aliphatic rings.